The third-order valence-corrected chi connectivity index (χ3v) is 6.91. The summed E-state index contributed by atoms with van der Waals surface area (Å²) in [5, 5.41) is 32.7. The van der Waals surface area contributed by atoms with Crippen LogP contribution in [0.2, 0.25) is 5.02 Å². The highest BCUT2D eigenvalue weighted by Crippen LogP contribution is 2.39. The van der Waals surface area contributed by atoms with Crippen molar-refractivity contribution >= 4 is 17.5 Å². The number of aromatic nitrogens is 3. The number of hydrogen-bond donors (Lipinski definition) is 3. The summed E-state index contributed by atoms with van der Waals surface area (Å²) in [5.74, 6) is -0.308. The van der Waals surface area contributed by atoms with E-state index in [1.165, 1.54) is 6.07 Å². The topological polar surface area (TPSA) is 107 Å². The fraction of sp³-hybridized carbons (Fsp3) is 0.464. The Hall–Kier alpha value is -3.14. The van der Waals surface area contributed by atoms with Crippen LogP contribution in [0.25, 0.3) is 17.1 Å². The van der Waals surface area contributed by atoms with E-state index in [1.54, 1.807) is 10.6 Å². The second-order valence-corrected chi connectivity index (χ2v) is 10.1. The van der Waals surface area contributed by atoms with Gasteiger partial charge in [0.25, 0.3) is 5.91 Å². The first-order valence-electron chi connectivity index (χ1n) is 13.1. The van der Waals surface area contributed by atoms with Gasteiger partial charge in [0.1, 0.15) is 11.5 Å². The fourth-order valence-electron chi connectivity index (χ4n) is 4.38. The number of nitrogens with zero attached hydrogens (tertiary/aromatic N) is 5. The average molecular weight is 543 g/mol. The van der Waals surface area contributed by atoms with Gasteiger partial charge in [-0.1, -0.05) is 45.4 Å². The number of nitrogens with one attached hydrogen (secondary N) is 1. The summed E-state index contributed by atoms with van der Waals surface area (Å²) in [5.41, 5.74) is 2.53. The number of rotatable bonds is 12. The molecular weight excluding hydrogens is 504 g/mol. The summed E-state index contributed by atoms with van der Waals surface area (Å²) in [6.45, 7) is 15.1. The zero-order valence-electron chi connectivity index (χ0n) is 23.1. The standard InChI is InChI=1S/C28H39ClN6O3/c1-7-30-28(38)27-32-31-26(21-15-20(18(4)5)24(36)16-25(21)37)35(27)23-11-10-19(14-22(23)29)17-33(6)12-13-34(8-2)9-3/h10-11,14-16,18,36-37H,7-9,12-13,17H2,1-6H3,(H,30,38). The van der Waals surface area contributed by atoms with Crippen molar-refractivity contribution in [3.8, 4) is 28.6 Å². The summed E-state index contributed by atoms with van der Waals surface area (Å²) in [6.07, 6.45) is 0. The zero-order valence-corrected chi connectivity index (χ0v) is 23.9. The maximum absolute atomic E-state index is 12.9. The van der Waals surface area contributed by atoms with Crippen LogP contribution in [-0.2, 0) is 6.54 Å². The molecule has 9 nitrogen and oxygen atoms in total. The minimum Gasteiger partial charge on any atom is -0.508 e. The Morgan fingerprint density at radius 3 is 2.37 bits per heavy atom. The second-order valence-electron chi connectivity index (χ2n) is 9.68. The van der Waals surface area contributed by atoms with E-state index < -0.39 is 5.91 Å². The highest BCUT2D eigenvalue weighted by molar-refractivity contribution is 6.32. The molecule has 3 rings (SSSR count). The lowest BCUT2D eigenvalue weighted by atomic mass is 9.98. The van der Waals surface area contributed by atoms with E-state index in [-0.39, 0.29) is 29.1 Å². The second kappa shape index (κ2) is 13.1. The smallest absolute Gasteiger partial charge is 0.289 e. The van der Waals surface area contributed by atoms with Gasteiger partial charge in [-0.05, 0) is 62.3 Å². The molecule has 0 radical (unpaired) electrons. The third kappa shape index (κ3) is 6.64. The number of hydrogen-bond acceptors (Lipinski definition) is 7. The van der Waals surface area contributed by atoms with Crippen LogP contribution in [0.4, 0.5) is 0 Å². The minimum absolute atomic E-state index is 0.00447. The molecule has 3 aromatic rings. The molecule has 2 aromatic carbocycles. The Kier molecular flexibility index (Phi) is 10.1. The lowest BCUT2D eigenvalue weighted by Crippen LogP contribution is -2.32. The van der Waals surface area contributed by atoms with Gasteiger partial charge >= 0.3 is 0 Å². The number of aromatic hydroxyl groups is 2. The van der Waals surface area contributed by atoms with Gasteiger partial charge in [0.05, 0.1) is 16.3 Å². The molecule has 0 spiro atoms. The molecule has 0 unspecified atom stereocenters. The number of likely N-dealkylation sites (N-methyl/N-ethyl adjacent to an activating group) is 2. The highest BCUT2D eigenvalue weighted by atomic mass is 35.5. The van der Waals surface area contributed by atoms with Crippen LogP contribution in [0.3, 0.4) is 0 Å². The van der Waals surface area contributed by atoms with Crippen LogP contribution in [0, 0.1) is 0 Å². The molecule has 1 heterocycles. The molecule has 0 aliphatic rings. The van der Waals surface area contributed by atoms with Gasteiger partial charge < -0.3 is 25.3 Å². The summed E-state index contributed by atoms with van der Waals surface area (Å²) in [7, 11) is 2.08. The summed E-state index contributed by atoms with van der Waals surface area (Å²) in [6, 6.07) is 8.65. The first kappa shape index (κ1) is 29.4. The van der Waals surface area contributed by atoms with Crippen LogP contribution in [0.5, 0.6) is 11.5 Å². The molecule has 1 amide bonds. The SMILES string of the molecule is CCNC(=O)c1nnc(-c2cc(C(C)C)c(O)cc2O)n1-c1ccc(CN(C)CCN(CC)CC)cc1Cl. The lowest BCUT2D eigenvalue weighted by molar-refractivity contribution is 0.0943. The maximum atomic E-state index is 12.9. The Labute approximate surface area is 230 Å². The molecule has 0 atom stereocenters. The number of halogens is 1. The highest BCUT2D eigenvalue weighted by Gasteiger charge is 2.25. The Bertz CT molecular complexity index is 1260. The van der Waals surface area contributed by atoms with Crippen molar-refractivity contribution in [1.29, 1.82) is 0 Å². The Morgan fingerprint density at radius 2 is 1.76 bits per heavy atom. The number of carbonyl (C=O) groups is 1. The number of phenols is 2. The molecule has 0 aliphatic carbocycles. The van der Waals surface area contributed by atoms with Gasteiger partial charge in [-0.15, -0.1) is 10.2 Å². The van der Waals surface area contributed by atoms with Crippen LogP contribution in [-0.4, -0.2) is 80.5 Å². The van der Waals surface area contributed by atoms with Crippen LogP contribution in [0.15, 0.2) is 30.3 Å². The lowest BCUT2D eigenvalue weighted by Gasteiger charge is -2.23. The molecule has 38 heavy (non-hydrogen) atoms. The van der Waals surface area contributed by atoms with Crippen molar-refractivity contribution < 1.29 is 15.0 Å². The maximum Gasteiger partial charge on any atom is 0.289 e. The van der Waals surface area contributed by atoms with Crippen molar-refractivity contribution in [3.63, 3.8) is 0 Å². The van der Waals surface area contributed by atoms with Crippen molar-refractivity contribution in [2.75, 3.05) is 39.8 Å². The van der Waals surface area contributed by atoms with Gasteiger partial charge in [0.2, 0.25) is 5.82 Å². The van der Waals surface area contributed by atoms with Crippen molar-refractivity contribution in [1.82, 2.24) is 29.9 Å². The summed E-state index contributed by atoms with van der Waals surface area (Å²) in [4.78, 5) is 17.5. The van der Waals surface area contributed by atoms with Gasteiger partial charge in [0.15, 0.2) is 5.82 Å². The van der Waals surface area contributed by atoms with Crippen LogP contribution >= 0.6 is 11.6 Å². The molecular formula is C28H39ClN6O3. The molecule has 3 N–H and O–H groups in total. The summed E-state index contributed by atoms with van der Waals surface area (Å²) < 4.78 is 1.55. The van der Waals surface area contributed by atoms with E-state index >= 15 is 0 Å². The van der Waals surface area contributed by atoms with Crippen molar-refractivity contribution in [2.24, 2.45) is 0 Å². The van der Waals surface area contributed by atoms with Gasteiger partial charge in [-0.25, -0.2) is 0 Å². The number of phenolic OH excluding ortho intramolecular Hbond substituents is 2. The number of amides is 1. The van der Waals surface area contributed by atoms with Crippen molar-refractivity contribution in [3.05, 3.63) is 52.3 Å². The van der Waals surface area contributed by atoms with E-state index in [2.05, 4.69) is 46.2 Å². The fourth-order valence-corrected chi connectivity index (χ4v) is 4.67. The molecule has 0 saturated heterocycles. The number of carbonyl (C=O) groups excluding carboxylic acids is 1. The number of benzene rings is 2. The van der Waals surface area contributed by atoms with Crippen molar-refractivity contribution in [2.45, 2.75) is 47.1 Å². The molecule has 0 fully saturated rings. The predicted octanol–water partition coefficient (Wildman–Crippen LogP) is 4.65. The first-order chi connectivity index (χ1) is 18.1. The normalized spacial score (nSPS) is 11.6. The van der Waals surface area contributed by atoms with E-state index in [0.717, 1.165) is 38.3 Å². The molecule has 0 saturated carbocycles. The zero-order chi connectivity index (χ0) is 28.0. The van der Waals surface area contributed by atoms with Gasteiger partial charge in [-0.3, -0.25) is 9.36 Å². The Morgan fingerprint density at radius 1 is 1.05 bits per heavy atom. The molecule has 0 bridgehead atoms. The monoisotopic (exact) mass is 542 g/mol. The van der Waals surface area contributed by atoms with E-state index in [1.807, 2.05) is 39.0 Å². The predicted molar refractivity (Wildman–Crippen MR) is 151 cm³/mol. The van der Waals surface area contributed by atoms with Crippen LogP contribution < -0.4 is 5.32 Å². The first-order valence-corrected chi connectivity index (χ1v) is 13.5. The average Bonchev–Trinajstić information content (AvgIpc) is 3.29. The molecule has 10 heteroatoms. The minimum atomic E-state index is -0.412. The molecule has 206 valence electrons. The Balaban J connectivity index is 2.03. The molecule has 1 aromatic heterocycles. The largest absolute Gasteiger partial charge is 0.508 e. The third-order valence-electron chi connectivity index (χ3n) is 6.61. The summed E-state index contributed by atoms with van der Waals surface area (Å²) >= 11 is 6.80. The quantitative estimate of drug-likeness (QED) is 0.306. The van der Waals surface area contributed by atoms with E-state index in [9.17, 15) is 15.0 Å². The van der Waals surface area contributed by atoms with E-state index in [0.29, 0.717) is 28.4 Å². The molecule has 0 aliphatic heterocycles. The van der Waals surface area contributed by atoms with E-state index in [4.69, 9.17) is 11.6 Å². The van der Waals surface area contributed by atoms with Crippen LogP contribution in [0.1, 0.15) is 62.3 Å². The van der Waals surface area contributed by atoms with Gasteiger partial charge in [0, 0.05) is 32.2 Å². The van der Waals surface area contributed by atoms with Gasteiger partial charge in [-0.2, -0.15) is 0 Å².